The fourth-order valence-electron chi connectivity index (χ4n) is 6.77. The molecular formula is C47H92NO8P. The van der Waals surface area contributed by atoms with Crippen LogP contribution in [0.25, 0.3) is 0 Å². The average Bonchev–Trinajstić information content (AvgIpc) is 3.16. The summed E-state index contributed by atoms with van der Waals surface area (Å²) in [6.45, 7) is 4.24. The maximum absolute atomic E-state index is 12.7. The molecule has 0 amide bonds. The number of likely N-dealkylation sites (N-methyl/N-ethyl adjacent to an activating group) is 1. The lowest BCUT2D eigenvalue weighted by Gasteiger charge is -2.28. The van der Waals surface area contributed by atoms with Gasteiger partial charge in [-0.25, -0.2) is 0 Å². The van der Waals surface area contributed by atoms with Gasteiger partial charge in [0.15, 0.2) is 6.10 Å². The Labute approximate surface area is 352 Å². The van der Waals surface area contributed by atoms with Gasteiger partial charge in [-0.05, 0) is 38.5 Å². The number of rotatable bonds is 44. The van der Waals surface area contributed by atoms with Gasteiger partial charge in [-0.15, -0.1) is 0 Å². The number of phosphoric ester groups is 1. The van der Waals surface area contributed by atoms with Crippen LogP contribution in [0.2, 0.25) is 0 Å². The SMILES string of the molecule is CCCCCCC/C=C\CCCCCCCC(=O)OC[C@H](COP(=O)([O-])OCC[N+](C)(C)C)OC(=O)CCCCCCCCCCCCCCCCCCCCC. The number of hydrogen-bond acceptors (Lipinski definition) is 8. The second-order valence-corrected chi connectivity index (χ2v) is 18.9. The number of nitrogens with zero attached hydrogens (tertiary/aromatic N) is 1. The number of carbonyl (C=O) groups excluding carboxylic acids is 2. The molecule has 0 saturated heterocycles. The topological polar surface area (TPSA) is 111 Å². The minimum atomic E-state index is -4.62. The molecule has 0 aromatic carbocycles. The van der Waals surface area contributed by atoms with Crippen LogP contribution in [0.1, 0.15) is 226 Å². The molecule has 0 bridgehead atoms. The largest absolute Gasteiger partial charge is 0.756 e. The Morgan fingerprint density at radius 1 is 0.526 bits per heavy atom. The average molecular weight is 830 g/mol. The quantitative estimate of drug-likeness (QED) is 0.0196. The van der Waals surface area contributed by atoms with E-state index in [1.54, 1.807) is 0 Å². The Kier molecular flexibility index (Phi) is 39.3. The second-order valence-electron chi connectivity index (χ2n) is 17.5. The third-order valence-corrected chi connectivity index (χ3v) is 11.5. The van der Waals surface area contributed by atoms with Gasteiger partial charge in [0.25, 0.3) is 7.82 Å². The van der Waals surface area contributed by atoms with Crippen LogP contribution in [0.3, 0.4) is 0 Å². The Balaban J connectivity index is 4.27. The highest BCUT2D eigenvalue weighted by Crippen LogP contribution is 2.38. The van der Waals surface area contributed by atoms with Crippen LogP contribution in [-0.4, -0.2) is 70.0 Å². The molecule has 57 heavy (non-hydrogen) atoms. The van der Waals surface area contributed by atoms with Crippen molar-refractivity contribution in [3.05, 3.63) is 12.2 Å². The molecule has 10 heteroatoms. The van der Waals surface area contributed by atoms with Crippen molar-refractivity contribution < 1.29 is 42.1 Å². The molecule has 1 unspecified atom stereocenters. The number of phosphoric acid groups is 1. The van der Waals surface area contributed by atoms with Crippen molar-refractivity contribution in [1.82, 2.24) is 0 Å². The highest BCUT2D eigenvalue weighted by Gasteiger charge is 2.21. The molecule has 0 saturated carbocycles. The monoisotopic (exact) mass is 830 g/mol. The van der Waals surface area contributed by atoms with Gasteiger partial charge in [0, 0.05) is 12.8 Å². The highest BCUT2D eigenvalue weighted by molar-refractivity contribution is 7.45. The van der Waals surface area contributed by atoms with Crippen molar-refractivity contribution in [2.24, 2.45) is 0 Å². The predicted octanol–water partition coefficient (Wildman–Crippen LogP) is 13.1. The summed E-state index contributed by atoms with van der Waals surface area (Å²) >= 11 is 0. The summed E-state index contributed by atoms with van der Waals surface area (Å²) in [5, 5.41) is 0. The molecule has 2 atom stereocenters. The second kappa shape index (κ2) is 40.2. The van der Waals surface area contributed by atoms with Crippen LogP contribution in [0.15, 0.2) is 12.2 Å². The van der Waals surface area contributed by atoms with E-state index in [0.717, 1.165) is 51.4 Å². The summed E-state index contributed by atoms with van der Waals surface area (Å²) in [5.74, 6) is -0.832. The van der Waals surface area contributed by atoms with Crippen LogP contribution in [0.4, 0.5) is 0 Å². The van der Waals surface area contributed by atoms with Gasteiger partial charge in [-0.1, -0.05) is 187 Å². The summed E-state index contributed by atoms with van der Waals surface area (Å²) in [7, 11) is 1.17. The summed E-state index contributed by atoms with van der Waals surface area (Å²) in [4.78, 5) is 37.6. The van der Waals surface area contributed by atoms with Crippen LogP contribution in [0.5, 0.6) is 0 Å². The summed E-state index contributed by atoms with van der Waals surface area (Å²) < 4.78 is 34.0. The third kappa shape index (κ3) is 44.1. The predicted molar refractivity (Wildman–Crippen MR) is 236 cm³/mol. The molecule has 0 fully saturated rings. The van der Waals surface area contributed by atoms with Crippen molar-refractivity contribution >= 4 is 19.8 Å². The maximum Gasteiger partial charge on any atom is 0.306 e. The molecule has 0 aromatic rings. The minimum absolute atomic E-state index is 0.0288. The Bertz CT molecular complexity index is 985. The van der Waals surface area contributed by atoms with Crippen molar-refractivity contribution in [2.75, 3.05) is 47.5 Å². The molecule has 0 aliphatic rings. The first-order valence-corrected chi connectivity index (χ1v) is 25.4. The van der Waals surface area contributed by atoms with Crippen LogP contribution >= 0.6 is 7.82 Å². The minimum Gasteiger partial charge on any atom is -0.756 e. The summed E-state index contributed by atoms with van der Waals surface area (Å²) in [5.41, 5.74) is 0. The van der Waals surface area contributed by atoms with E-state index in [1.165, 1.54) is 141 Å². The van der Waals surface area contributed by atoms with Gasteiger partial charge in [-0.2, -0.15) is 0 Å². The first kappa shape index (κ1) is 55.8. The standard InChI is InChI=1S/C47H92NO8P/c1-6-8-10-12-14-16-18-20-22-23-24-25-26-28-30-32-34-36-38-40-47(50)56-45(44-55-57(51,52)54-42-41-48(3,4)5)43-53-46(49)39-37-35-33-31-29-27-21-19-17-15-13-11-9-7-2/h19,21,45H,6-18,20,22-44H2,1-5H3/b21-19-/t45-/m1/s1. The smallest absolute Gasteiger partial charge is 0.306 e. The molecule has 338 valence electrons. The van der Waals surface area contributed by atoms with E-state index in [-0.39, 0.29) is 32.0 Å². The number of esters is 2. The molecule has 0 N–H and O–H groups in total. The molecular weight excluding hydrogens is 737 g/mol. The highest BCUT2D eigenvalue weighted by atomic mass is 31.2. The van der Waals surface area contributed by atoms with Gasteiger partial charge in [0.2, 0.25) is 0 Å². The first-order valence-electron chi connectivity index (χ1n) is 23.9. The van der Waals surface area contributed by atoms with Crippen molar-refractivity contribution in [1.29, 1.82) is 0 Å². The van der Waals surface area contributed by atoms with E-state index in [0.29, 0.717) is 17.4 Å². The van der Waals surface area contributed by atoms with E-state index >= 15 is 0 Å². The lowest BCUT2D eigenvalue weighted by Crippen LogP contribution is -2.37. The van der Waals surface area contributed by atoms with Gasteiger partial charge >= 0.3 is 11.9 Å². The molecule has 0 radical (unpaired) electrons. The third-order valence-electron chi connectivity index (χ3n) is 10.5. The zero-order valence-corrected chi connectivity index (χ0v) is 38.9. The maximum atomic E-state index is 12.7. The molecule has 0 aromatic heterocycles. The molecule has 0 heterocycles. The zero-order chi connectivity index (χ0) is 42.1. The van der Waals surface area contributed by atoms with Crippen molar-refractivity contribution in [3.63, 3.8) is 0 Å². The lowest BCUT2D eigenvalue weighted by molar-refractivity contribution is -0.870. The van der Waals surface area contributed by atoms with E-state index in [1.807, 2.05) is 21.1 Å². The Morgan fingerprint density at radius 2 is 0.895 bits per heavy atom. The number of quaternary nitrogens is 1. The summed E-state index contributed by atoms with van der Waals surface area (Å²) in [6, 6.07) is 0. The first-order chi connectivity index (χ1) is 27.5. The van der Waals surface area contributed by atoms with Crippen LogP contribution in [-0.2, 0) is 32.7 Å². The number of allylic oxidation sites excluding steroid dienone is 2. The lowest BCUT2D eigenvalue weighted by atomic mass is 10.0. The molecule has 0 aliphatic carbocycles. The van der Waals surface area contributed by atoms with Gasteiger partial charge < -0.3 is 27.9 Å². The van der Waals surface area contributed by atoms with Gasteiger partial charge in [0.1, 0.15) is 19.8 Å². The Hall–Kier alpha value is -1.25. The normalized spacial score (nSPS) is 13.6. The molecule has 0 aliphatic heterocycles. The Morgan fingerprint density at radius 3 is 1.30 bits per heavy atom. The van der Waals surface area contributed by atoms with E-state index in [2.05, 4.69) is 26.0 Å². The van der Waals surface area contributed by atoms with E-state index in [4.69, 9.17) is 18.5 Å². The van der Waals surface area contributed by atoms with Crippen LogP contribution in [0, 0.1) is 0 Å². The van der Waals surface area contributed by atoms with Crippen molar-refractivity contribution in [2.45, 2.75) is 232 Å². The van der Waals surface area contributed by atoms with Crippen LogP contribution < -0.4 is 4.89 Å². The zero-order valence-electron chi connectivity index (χ0n) is 38.1. The van der Waals surface area contributed by atoms with Crippen molar-refractivity contribution in [3.8, 4) is 0 Å². The fraction of sp³-hybridized carbons (Fsp3) is 0.915. The van der Waals surface area contributed by atoms with E-state index < -0.39 is 26.5 Å². The molecule has 0 spiro atoms. The summed E-state index contributed by atoms with van der Waals surface area (Å²) in [6.07, 6.45) is 42.3. The van der Waals surface area contributed by atoms with Gasteiger partial charge in [-0.3, -0.25) is 14.2 Å². The molecule has 0 rings (SSSR count). The number of unbranched alkanes of at least 4 members (excludes halogenated alkanes) is 28. The van der Waals surface area contributed by atoms with E-state index in [9.17, 15) is 19.0 Å². The number of ether oxygens (including phenoxy) is 2. The fourth-order valence-corrected chi connectivity index (χ4v) is 7.50. The van der Waals surface area contributed by atoms with Gasteiger partial charge in [0.05, 0.1) is 27.7 Å². The molecule has 9 nitrogen and oxygen atoms in total. The number of carbonyl (C=O) groups is 2. The number of hydrogen-bond donors (Lipinski definition) is 0.